The minimum absolute atomic E-state index is 0.472. The highest BCUT2D eigenvalue weighted by molar-refractivity contribution is 9.10. The van der Waals surface area contributed by atoms with Crippen LogP contribution in [0.1, 0.15) is 0 Å². The lowest BCUT2D eigenvalue weighted by Crippen LogP contribution is -1.87. The van der Waals surface area contributed by atoms with Crippen LogP contribution in [0.4, 0.5) is 0 Å². The molecule has 0 saturated heterocycles. The van der Waals surface area contributed by atoms with Crippen LogP contribution in [0, 0.1) is 0 Å². The molecular formula is C10H6BrClN2. The van der Waals surface area contributed by atoms with Crippen LogP contribution in [0.25, 0.3) is 11.4 Å². The van der Waals surface area contributed by atoms with Gasteiger partial charge >= 0.3 is 0 Å². The number of nitrogens with zero attached hydrogens (tertiary/aromatic N) is 2. The number of rotatable bonds is 1. The molecule has 2 aromatic rings. The first kappa shape index (κ1) is 9.62. The Labute approximate surface area is 95.1 Å². The lowest BCUT2D eigenvalue weighted by Gasteiger charge is -2.01. The number of hydrogen-bond acceptors (Lipinski definition) is 2. The van der Waals surface area contributed by atoms with Crippen molar-refractivity contribution in [1.82, 2.24) is 9.97 Å². The molecule has 70 valence electrons. The van der Waals surface area contributed by atoms with Crippen LogP contribution in [0.15, 0.2) is 41.0 Å². The van der Waals surface area contributed by atoms with E-state index < -0.39 is 0 Å². The minimum atomic E-state index is 0.472. The SMILES string of the molecule is Clc1cccc(-c2ncccc2Br)n1. The van der Waals surface area contributed by atoms with Gasteiger partial charge in [-0.2, -0.15) is 0 Å². The van der Waals surface area contributed by atoms with Gasteiger partial charge in [0.05, 0.1) is 5.69 Å². The second-order valence-corrected chi connectivity index (χ2v) is 3.92. The smallest absolute Gasteiger partial charge is 0.129 e. The van der Waals surface area contributed by atoms with Crippen molar-refractivity contribution in [2.24, 2.45) is 0 Å². The zero-order chi connectivity index (χ0) is 9.97. The fourth-order valence-electron chi connectivity index (χ4n) is 1.11. The summed E-state index contributed by atoms with van der Waals surface area (Å²) in [5, 5.41) is 0.472. The van der Waals surface area contributed by atoms with Crippen LogP contribution in [-0.2, 0) is 0 Å². The summed E-state index contributed by atoms with van der Waals surface area (Å²) in [6, 6.07) is 9.25. The standard InChI is InChI=1S/C10H6BrClN2/c11-7-3-2-6-13-10(7)8-4-1-5-9(12)14-8/h1-6H. The first-order valence-electron chi connectivity index (χ1n) is 4.01. The summed E-state index contributed by atoms with van der Waals surface area (Å²) in [5.74, 6) is 0. The highest BCUT2D eigenvalue weighted by atomic mass is 79.9. The molecule has 0 fully saturated rings. The number of pyridine rings is 2. The Hall–Kier alpha value is -0.930. The molecule has 14 heavy (non-hydrogen) atoms. The van der Waals surface area contributed by atoms with Gasteiger partial charge in [0.25, 0.3) is 0 Å². The average Bonchev–Trinajstić information content (AvgIpc) is 2.18. The van der Waals surface area contributed by atoms with E-state index in [9.17, 15) is 0 Å². The lowest BCUT2D eigenvalue weighted by molar-refractivity contribution is 1.24. The molecule has 4 heteroatoms. The molecule has 2 nitrogen and oxygen atoms in total. The summed E-state index contributed by atoms with van der Waals surface area (Å²) in [7, 11) is 0. The Morgan fingerprint density at radius 2 is 2.00 bits per heavy atom. The molecule has 0 aliphatic heterocycles. The Bertz CT molecular complexity index is 459. The van der Waals surface area contributed by atoms with Crippen LogP contribution in [0.2, 0.25) is 5.15 Å². The van der Waals surface area contributed by atoms with E-state index in [1.807, 2.05) is 24.3 Å². The van der Waals surface area contributed by atoms with Crippen molar-refractivity contribution in [3.63, 3.8) is 0 Å². The third kappa shape index (κ3) is 1.94. The highest BCUT2D eigenvalue weighted by Gasteiger charge is 2.04. The zero-order valence-electron chi connectivity index (χ0n) is 7.11. The van der Waals surface area contributed by atoms with E-state index >= 15 is 0 Å². The molecule has 0 aliphatic carbocycles. The fourth-order valence-corrected chi connectivity index (χ4v) is 1.74. The second kappa shape index (κ2) is 4.07. The van der Waals surface area contributed by atoms with Crippen molar-refractivity contribution < 1.29 is 0 Å². The monoisotopic (exact) mass is 268 g/mol. The molecule has 0 unspecified atom stereocenters. The van der Waals surface area contributed by atoms with Crippen molar-refractivity contribution in [1.29, 1.82) is 0 Å². The van der Waals surface area contributed by atoms with Crippen molar-refractivity contribution in [3.8, 4) is 11.4 Å². The van der Waals surface area contributed by atoms with E-state index in [1.54, 1.807) is 12.3 Å². The molecule has 0 spiro atoms. The fraction of sp³-hybridized carbons (Fsp3) is 0. The number of hydrogen-bond donors (Lipinski definition) is 0. The molecule has 2 rings (SSSR count). The molecule has 0 N–H and O–H groups in total. The van der Waals surface area contributed by atoms with Crippen molar-refractivity contribution in [2.75, 3.05) is 0 Å². The third-order valence-electron chi connectivity index (χ3n) is 1.72. The van der Waals surface area contributed by atoms with E-state index in [-0.39, 0.29) is 0 Å². The van der Waals surface area contributed by atoms with Crippen LogP contribution >= 0.6 is 27.5 Å². The summed E-state index contributed by atoms with van der Waals surface area (Å²) < 4.78 is 0.912. The number of aromatic nitrogens is 2. The average molecular weight is 270 g/mol. The Balaban J connectivity index is 2.55. The van der Waals surface area contributed by atoms with E-state index in [1.165, 1.54) is 0 Å². The predicted octanol–water partition coefficient (Wildman–Crippen LogP) is 3.56. The molecule has 0 aliphatic rings. The maximum atomic E-state index is 5.79. The van der Waals surface area contributed by atoms with Gasteiger partial charge in [0, 0.05) is 10.7 Å². The van der Waals surface area contributed by atoms with E-state index in [2.05, 4.69) is 25.9 Å². The summed E-state index contributed by atoms with van der Waals surface area (Å²) in [4.78, 5) is 8.40. The molecule has 0 amide bonds. The van der Waals surface area contributed by atoms with Gasteiger partial charge in [-0.15, -0.1) is 0 Å². The molecule has 0 radical (unpaired) electrons. The van der Waals surface area contributed by atoms with Crippen LogP contribution in [0.5, 0.6) is 0 Å². The maximum absolute atomic E-state index is 5.79. The van der Waals surface area contributed by atoms with E-state index in [0.717, 1.165) is 15.9 Å². The Morgan fingerprint density at radius 3 is 2.71 bits per heavy atom. The molecule has 0 saturated carbocycles. The third-order valence-corrected chi connectivity index (χ3v) is 2.57. The molecule has 2 heterocycles. The zero-order valence-corrected chi connectivity index (χ0v) is 9.46. The first-order chi connectivity index (χ1) is 6.77. The quantitative estimate of drug-likeness (QED) is 0.740. The van der Waals surface area contributed by atoms with Gasteiger partial charge in [0.15, 0.2) is 0 Å². The van der Waals surface area contributed by atoms with E-state index in [0.29, 0.717) is 5.15 Å². The summed E-state index contributed by atoms with van der Waals surface area (Å²) in [6.45, 7) is 0. The van der Waals surface area contributed by atoms with Crippen molar-refractivity contribution >= 4 is 27.5 Å². The Morgan fingerprint density at radius 1 is 1.14 bits per heavy atom. The molecule has 0 aromatic carbocycles. The van der Waals surface area contributed by atoms with Crippen molar-refractivity contribution in [3.05, 3.63) is 46.2 Å². The van der Waals surface area contributed by atoms with Gasteiger partial charge in [-0.05, 0) is 40.2 Å². The van der Waals surface area contributed by atoms with Crippen LogP contribution < -0.4 is 0 Å². The molecule has 0 atom stereocenters. The topological polar surface area (TPSA) is 25.8 Å². The summed E-state index contributed by atoms with van der Waals surface area (Å²) in [5.41, 5.74) is 1.57. The predicted molar refractivity (Wildman–Crippen MR) is 60.2 cm³/mol. The minimum Gasteiger partial charge on any atom is -0.253 e. The number of halogens is 2. The van der Waals surface area contributed by atoms with Gasteiger partial charge < -0.3 is 0 Å². The van der Waals surface area contributed by atoms with Crippen molar-refractivity contribution in [2.45, 2.75) is 0 Å². The molecular weight excluding hydrogens is 263 g/mol. The largest absolute Gasteiger partial charge is 0.253 e. The van der Waals surface area contributed by atoms with Gasteiger partial charge in [-0.3, -0.25) is 4.98 Å². The molecule has 2 aromatic heterocycles. The van der Waals surface area contributed by atoms with Crippen LogP contribution in [-0.4, -0.2) is 9.97 Å². The van der Waals surface area contributed by atoms with Gasteiger partial charge in [0.1, 0.15) is 10.8 Å². The normalized spacial score (nSPS) is 10.1. The highest BCUT2D eigenvalue weighted by Crippen LogP contribution is 2.24. The lowest BCUT2D eigenvalue weighted by atomic mass is 10.2. The summed E-state index contributed by atoms with van der Waals surface area (Å²) >= 11 is 9.20. The van der Waals surface area contributed by atoms with Crippen LogP contribution in [0.3, 0.4) is 0 Å². The molecule has 0 bridgehead atoms. The van der Waals surface area contributed by atoms with E-state index in [4.69, 9.17) is 11.6 Å². The Kier molecular flexibility index (Phi) is 2.79. The van der Waals surface area contributed by atoms with Gasteiger partial charge in [-0.25, -0.2) is 4.98 Å². The van der Waals surface area contributed by atoms with Gasteiger partial charge in [0.2, 0.25) is 0 Å². The maximum Gasteiger partial charge on any atom is 0.129 e. The van der Waals surface area contributed by atoms with Gasteiger partial charge in [-0.1, -0.05) is 17.7 Å². The summed E-state index contributed by atoms with van der Waals surface area (Å²) in [6.07, 6.45) is 1.72. The second-order valence-electron chi connectivity index (χ2n) is 2.68. The first-order valence-corrected chi connectivity index (χ1v) is 5.18.